The predicted molar refractivity (Wildman–Crippen MR) is 96.4 cm³/mol. The lowest BCUT2D eigenvalue weighted by Crippen LogP contribution is -2.32. The van der Waals surface area contributed by atoms with Crippen molar-refractivity contribution in [2.45, 2.75) is 13.3 Å². The van der Waals surface area contributed by atoms with Crippen LogP contribution in [0.1, 0.15) is 12.6 Å². The molecular formula is C17H19FN8O. The highest BCUT2D eigenvalue weighted by molar-refractivity contribution is 5.47. The van der Waals surface area contributed by atoms with Crippen LogP contribution in [0.5, 0.6) is 0 Å². The lowest BCUT2D eigenvalue weighted by molar-refractivity contribution is 0.533. The van der Waals surface area contributed by atoms with Gasteiger partial charge in [0.2, 0.25) is 11.8 Å². The number of aromatic amines is 1. The maximum Gasteiger partial charge on any atom is 0.288 e. The zero-order valence-corrected chi connectivity index (χ0v) is 14.8. The van der Waals surface area contributed by atoms with Gasteiger partial charge in [-0.1, -0.05) is 6.92 Å². The average Bonchev–Trinajstić information content (AvgIpc) is 3.37. The summed E-state index contributed by atoms with van der Waals surface area (Å²) in [4.78, 5) is 23.0. The molecule has 2 fully saturated rings. The first-order chi connectivity index (χ1) is 13.1. The molecule has 0 spiro atoms. The molecule has 0 radical (unpaired) electrons. The Hall–Kier alpha value is -3.04. The van der Waals surface area contributed by atoms with Crippen molar-refractivity contribution in [2.24, 2.45) is 11.8 Å². The minimum absolute atomic E-state index is 0.221. The van der Waals surface area contributed by atoms with E-state index in [2.05, 4.69) is 35.1 Å². The van der Waals surface area contributed by atoms with Crippen molar-refractivity contribution in [2.75, 3.05) is 36.0 Å². The molecular weight excluding hydrogens is 351 g/mol. The number of nitrogens with zero attached hydrogens (tertiary/aromatic N) is 7. The summed E-state index contributed by atoms with van der Waals surface area (Å²) < 4.78 is 15.5. The SMILES string of the molecule is CCc1nc(N2CC3CN(c4ccc5nncn5n4)CC3C2)[nH]c(=O)c1F. The van der Waals surface area contributed by atoms with Gasteiger partial charge in [-0.05, 0) is 18.6 Å². The Labute approximate surface area is 153 Å². The number of hydrogen-bond acceptors (Lipinski definition) is 7. The maximum atomic E-state index is 13.8. The van der Waals surface area contributed by atoms with E-state index in [-0.39, 0.29) is 5.69 Å². The quantitative estimate of drug-likeness (QED) is 0.716. The summed E-state index contributed by atoms with van der Waals surface area (Å²) in [6, 6.07) is 3.88. The van der Waals surface area contributed by atoms with Crippen molar-refractivity contribution in [3.63, 3.8) is 0 Å². The Kier molecular flexibility index (Phi) is 3.59. The number of aromatic nitrogens is 6. The molecule has 5 heterocycles. The summed E-state index contributed by atoms with van der Waals surface area (Å²) in [5, 5.41) is 12.4. The Morgan fingerprint density at radius 3 is 2.67 bits per heavy atom. The Morgan fingerprint density at radius 2 is 1.93 bits per heavy atom. The molecule has 2 atom stereocenters. The van der Waals surface area contributed by atoms with E-state index in [1.807, 2.05) is 12.1 Å². The van der Waals surface area contributed by atoms with Crippen LogP contribution in [0.4, 0.5) is 16.2 Å². The van der Waals surface area contributed by atoms with Gasteiger partial charge in [0.1, 0.15) is 12.1 Å². The molecule has 3 aromatic heterocycles. The summed E-state index contributed by atoms with van der Waals surface area (Å²) in [6.07, 6.45) is 1.99. The first-order valence-corrected chi connectivity index (χ1v) is 9.08. The van der Waals surface area contributed by atoms with Crippen LogP contribution in [0.2, 0.25) is 0 Å². The van der Waals surface area contributed by atoms with Crippen molar-refractivity contribution in [3.05, 3.63) is 40.3 Å². The van der Waals surface area contributed by atoms with Crippen LogP contribution < -0.4 is 15.4 Å². The van der Waals surface area contributed by atoms with Crippen molar-refractivity contribution in [1.29, 1.82) is 0 Å². The number of H-pyrrole nitrogens is 1. The highest BCUT2D eigenvalue weighted by atomic mass is 19.1. The van der Waals surface area contributed by atoms with Crippen LogP contribution in [0, 0.1) is 17.7 Å². The number of anilines is 2. The van der Waals surface area contributed by atoms with E-state index >= 15 is 0 Å². The van der Waals surface area contributed by atoms with Crippen molar-refractivity contribution >= 4 is 17.4 Å². The number of nitrogens with one attached hydrogen (secondary N) is 1. The second-order valence-corrected chi connectivity index (χ2v) is 7.16. The highest BCUT2D eigenvalue weighted by Gasteiger charge is 2.41. The lowest BCUT2D eigenvalue weighted by atomic mass is 10.0. The molecule has 0 aliphatic carbocycles. The Morgan fingerprint density at radius 1 is 1.19 bits per heavy atom. The molecule has 2 aliphatic rings. The first kappa shape index (κ1) is 16.2. The van der Waals surface area contributed by atoms with Crippen LogP contribution in [-0.2, 0) is 6.42 Å². The van der Waals surface area contributed by atoms with E-state index in [4.69, 9.17) is 0 Å². The molecule has 2 unspecified atom stereocenters. The molecule has 0 amide bonds. The number of fused-ring (bicyclic) bond motifs is 2. The molecule has 1 N–H and O–H groups in total. The zero-order chi connectivity index (χ0) is 18.5. The van der Waals surface area contributed by atoms with Gasteiger partial charge in [0, 0.05) is 38.0 Å². The fourth-order valence-electron chi connectivity index (χ4n) is 4.12. The Balaban J connectivity index is 1.33. The minimum atomic E-state index is -0.776. The van der Waals surface area contributed by atoms with Gasteiger partial charge in [-0.2, -0.15) is 8.91 Å². The topological polar surface area (TPSA) is 95.3 Å². The number of rotatable bonds is 3. The summed E-state index contributed by atoms with van der Waals surface area (Å²) in [5.41, 5.74) is 0.253. The molecule has 9 nitrogen and oxygen atoms in total. The molecule has 0 aromatic carbocycles. The van der Waals surface area contributed by atoms with E-state index in [1.54, 1.807) is 17.8 Å². The fraction of sp³-hybridized carbons (Fsp3) is 0.471. The molecule has 2 aliphatic heterocycles. The summed E-state index contributed by atoms with van der Waals surface area (Å²) in [6.45, 7) is 5.13. The van der Waals surface area contributed by atoms with Gasteiger partial charge in [0.15, 0.2) is 5.65 Å². The van der Waals surface area contributed by atoms with Gasteiger partial charge in [-0.15, -0.1) is 15.3 Å². The zero-order valence-electron chi connectivity index (χ0n) is 14.8. The maximum absolute atomic E-state index is 13.8. The van der Waals surface area contributed by atoms with E-state index in [0.717, 1.165) is 37.6 Å². The van der Waals surface area contributed by atoms with Crippen LogP contribution in [-0.4, -0.2) is 56.0 Å². The molecule has 27 heavy (non-hydrogen) atoms. The van der Waals surface area contributed by atoms with Gasteiger partial charge < -0.3 is 9.80 Å². The average molecular weight is 370 g/mol. The normalized spacial score (nSPS) is 22.0. The molecule has 0 saturated carbocycles. The van der Waals surface area contributed by atoms with E-state index in [1.165, 1.54) is 0 Å². The van der Waals surface area contributed by atoms with Crippen LogP contribution >= 0.6 is 0 Å². The highest BCUT2D eigenvalue weighted by Crippen LogP contribution is 2.34. The van der Waals surface area contributed by atoms with Gasteiger partial charge in [0.25, 0.3) is 5.56 Å². The fourth-order valence-corrected chi connectivity index (χ4v) is 4.12. The number of aryl methyl sites for hydroxylation is 1. The molecule has 10 heteroatoms. The lowest BCUT2D eigenvalue weighted by Gasteiger charge is -2.22. The van der Waals surface area contributed by atoms with Crippen LogP contribution in [0.3, 0.4) is 0 Å². The molecule has 0 bridgehead atoms. The molecule has 2 saturated heterocycles. The number of hydrogen-bond donors (Lipinski definition) is 1. The third-order valence-electron chi connectivity index (χ3n) is 5.51. The van der Waals surface area contributed by atoms with Gasteiger partial charge >= 0.3 is 0 Å². The number of halogens is 1. The van der Waals surface area contributed by atoms with E-state index in [9.17, 15) is 9.18 Å². The van der Waals surface area contributed by atoms with Gasteiger partial charge in [-0.3, -0.25) is 9.78 Å². The molecule has 140 valence electrons. The van der Waals surface area contributed by atoms with E-state index in [0.29, 0.717) is 24.2 Å². The molecule has 3 aromatic rings. The second-order valence-electron chi connectivity index (χ2n) is 7.16. The van der Waals surface area contributed by atoms with Gasteiger partial charge in [-0.25, -0.2) is 4.98 Å². The third kappa shape index (κ3) is 2.63. The van der Waals surface area contributed by atoms with E-state index < -0.39 is 11.4 Å². The monoisotopic (exact) mass is 370 g/mol. The summed E-state index contributed by atoms with van der Waals surface area (Å²) in [5.74, 6) is 1.50. The van der Waals surface area contributed by atoms with Crippen molar-refractivity contribution in [3.8, 4) is 0 Å². The Bertz CT molecular complexity index is 1050. The van der Waals surface area contributed by atoms with Crippen molar-refractivity contribution in [1.82, 2.24) is 29.8 Å². The summed E-state index contributed by atoms with van der Waals surface area (Å²) >= 11 is 0. The largest absolute Gasteiger partial charge is 0.354 e. The summed E-state index contributed by atoms with van der Waals surface area (Å²) in [7, 11) is 0. The van der Waals surface area contributed by atoms with Gasteiger partial charge in [0.05, 0.1) is 5.69 Å². The van der Waals surface area contributed by atoms with Crippen LogP contribution in [0.25, 0.3) is 5.65 Å². The second kappa shape index (κ2) is 6.00. The first-order valence-electron chi connectivity index (χ1n) is 9.08. The third-order valence-corrected chi connectivity index (χ3v) is 5.51. The minimum Gasteiger partial charge on any atom is -0.354 e. The van der Waals surface area contributed by atoms with Crippen molar-refractivity contribution < 1.29 is 4.39 Å². The molecule has 5 rings (SSSR count). The standard InChI is InChI=1S/C17H19FN8O/c1-2-12-15(18)16(27)21-17(20-12)25-7-10-5-24(6-11(10)8-25)14-4-3-13-22-19-9-26(13)23-14/h3-4,9-11H,2,5-8H2,1H3,(H,20,21,27). The smallest absolute Gasteiger partial charge is 0.288 e. The predicted octanol–water partition coefficient (Wildman–Crippen LogP) is 0.482. The van der Waals surface area contributed by atoms with Crippen LogP contribution in [0.15, 0.2) is 23.3 Å².